The number of carbonyl (C=O) groups excluding carboxylic acids is 4. The fourth-order valence-corrected chi connectivity index (χ4v) is 14.2. The lowest BCUT2D eigenvalue weighted by Crippen LogP contribution is -2.49. The number of alkyl halides is 6. The van der Waals surface area contributed by atoms with Gasteiger partial charge in [-0.05, 0) is 73.5 Å². The molecule has 0 saturated carbocycles. The van der Waals surface area contributed by atoms with Crippen molar-refractivity contribution in [2.75, 3.05) is 26.3 Å². The zero-order valence-corrected chi connectivity index (χ0v) is 44.7. The van der Waals surface area contributed by atoms with Crippen molar-refractivity contribution in [3.63, 3.8) is 0 Å². The molecule has 10 rings (SSSR count). The van der Waals surface area contributed by atoms with Gasteiger partial charge in [-0.1, -0.05) is 86.6 Å². The highest BCUT2D eigenvalue weighted by molar-refractivity contribution is 7.22. The summed E-state index contributed by atoms with van der Waals surface area (Å²) in [5.41, 5.74) is -4.49. The average Bonchev–Trinajstić information content (AvgIpc) is 4.19. The van der Waals surface area contributed by atoms with E-state index in [2.05, 4.69) is 0 Å². The molecule has 390 valence electrons. The molecule has 1 atom stereocenters. The molecule has 4 amide bonds. The highest BCUT2D eigenvalue weighted by Crippen LogP contribution is 2.71. The van der Waals surface area contributed by atoms with Gasteiger partial charge >= 0.3 is 17.8 Å². The van der Waals surface area contributed by atoms with Gasteiger partial charge in [0.2, 0.25) is 23.6 Å². The number of thiophene rings is 3. The molecule has 2 aliphatic heterocycles. The molecule has 4 aliphatic rings. The van der Waals surface area contributed by atoms with Crippen molar-refractivity contribution in [1.82, 2.24) is 9.80 Å². The van der Waals surface area contributed by atoms with Gasteiger partial charge in [0.05, 0.1) is 13.1 Å². The predicted molar refractivity (Wildman–Crippen MR) is 274 cm³/mol. The van der Waals surface area contributed by atoms with Crippen LogP contribution in [-0.2, 0) is 40.8 Å². The second-order valence-corrected chi connectivity index (χ2v) is 25.4. The van der Waals surface area contributed by atoms with Crippen LogP contribution in [0.25, 0.3) is 31.9 Å². The number of allylic oxidation sites excluding steroid dienone is 2. The maximum absolute atomic E-state index is 17.5. The number of likely N-dealkylation sites (tertiary alicyclic amines) is 2. The smallest absolute Gasteiger partial charge is 0.380 e. The monoisotopic (exact) mass is 1080 g/mol. The number of amides is 4. The van der Waals surface area contributed by atoms with E-state index in [1.165, 1.54) is 40.9 Å². The van der Waals surface area contributed by atoms with Crippen LogP contribution < -0.4 is 9.47 Å². The molecule has 2 fully saturated rings. The van der Waals surface area contributed by atoms with Gasteiger partial charge in [0.1, 0.15) is 30.0 Å². The Labute approximate surface area is 436 Å². The number of benzene rings is 2. The Balaban J connectivity index is 1.31. The van der Waals surface area contributed by atoms with Gasteiger partial charge in [0.15, 0.2) is 11.5 Å². The van der Waals surface area contributed by atoms with Crippen LogP contribution in [0, 0.1) is 0 Å². The minimum atomic E-state index is -5.93. The topological polar surface area (TPSA) is 106 Å². The highest BCUT2D eigenvalue weighted by Gasteiger charge is 2.81. The molecule has 2 aliphatic carbocycles. The molecule has 18 heteroatoms. The van der Waals surface area contributed by atoms with Crippen LogP contribution in [0.15, 0.2) is 69.8 Å². The number of furan rings is 1. The van der Waals surface area contributed by atoms with E-state index in [9.17, 15) is 19.2 Å². The van der Waals surface area contributed by atoms with Crippen molar-refractivity contribution in [3.05, 3.63) is 114 Å². The molecule has 6 aromatic rings. The SMILES string of the molecule is CC(C)(C)c1ccc(C2(c3cc(C(C)(C)C)cs3)c3oc4cc(OCCN5C(=O)CCC5=O)c(OCCN5C(=O)CCC5=O)cc4c3C3=C(c4cc(-c5cc(C(C)(C)C)cs5)sc42)C(F)(F)C(F)(F)C3(F)F)cc1. The lowest BCUT2D eigenvalue weighted by molar-refractivity contribution is -0.254. The normalized spacial score (nSPS) is 20.5. The molecule has 6 heterocycles. The zero-order chi connectivity index (χ0) is 53.5. The Hall–Kier alpha value is -5.72. The third-order valence-electron chi connectivity index (χ3n) is 14.5. The lowest BCUT2D eigenvalue weighted by atomic mass is 9.71. The van der Waals surface area contributed by atoms with E-state index in [1.807, 2.05) is 109 Å². The van der Waals surface area contributed by atoms with E-state index in [4.69, 9.17) is 13.9 Å². The molecule has 9 nitrogen and oxygen atoms in total. The van der Waals surface area contributed by atoms with Gasteiger partial charge in [0.25, 0.3) is 0 Å². The van der Waals surface area contributed by atoms with Crippen molar-refractivity contribution < 1.29 is 59.4 Å². The predicted octanol–water partition coefficient (Wildman–Crippen LogP) is 13.8. The van der Waals surface area contributed by atoms with E-state index < -0.39 is 74.5 Å². The van der Waals surface area contributed by atoms with E-state index in [-0.39, 0.29) is 95.9 Å². The van der Waals surface area contributed by atoms with Gasteiger partial charge in [0, 0.05) is 78.9 Å². The van der Waals surface area contributed by atoms with E-state index in [0.29, 0.717) is 20.2 Å². The summed E-state index contributed by atoms with van der Waals surface area (Å²) in [7, 11) is 0. The summed E-state index contributed by atoms with van der Waals surface area (Å²) < 4.78 is 122. The Morgan fingerprint density at radius 2 is 1.09 bits per heavy atom. The molecule has 0 N–H and O–H groups in total. The Morgan fingerprint density at radius 3 is 1.61 bits per heavy atom. The van der Waals surface area contributed by atoms with Crippen LogP contribution in [0.1, 0.15) is 137 Å². The van der Waals surface area contributed by atoms with E-state index in [0.717, 1.165) is 37.8 Å². The largest absolute Gasteiger partial charge is 0.488 e. The Bertz CT molecular complexity index is 3310. The maximum Gasteiger partial charge on any atom is 0.380 e. The van der Waals surface area contributed by atoms with Gasteiger partial charge in [-0.15, -0.1) is 34.0 Å². The number of halogens is 6. The molecule has 2 aromatic carbocycles. The van der Waals surface area contributed by atoms with E-state index >= 15 is 26.3 Å². The Morgan fingerprint density at radius 1 is 0.595 bits per heavy atom. The summed E-state index contributed by atoms with van der Waals surface area (Å²) in [6.45, 7) is 17.0. The number of rotatable bonds is 11. The Kier molecular flexibility index (Phi) is 12.2. The first-order valence-electron chi connectivity index (χ1n) is 24.4. The van der Waals surface area contributed by atoms with Crippen LogP contribution in [0.2, 0.25) is 0 Å². The third kappa shape index (κ3) is 7.97. The lowest BCUT2D eigenvalue weighted by Gasteiger charge is -2.34. The minimum absolute atomic E-state index is 0.00436. The molecular formula is C56H54F6N2O7S3. The second-order valence-electron chi connectivity index (χ2n) is 22.5. The van der Waals surface area contributed by atoms with Gasteiger partial charge in [-0.25, -0.2) is 0 Å². The number of hydrogen-bond donors (Lipinski definition) is 0. The zero-order valence-electron chi connectivity index (χ0n) is 42.3. The van der Waals surface area contributed by atoms with Crippen LogP contribution in [0.5, 0.6) is 11.5 Å². The first kappa shape index (κ1) is 51.8. The summed E-state index contributed by atoms with van der Waals surface area (Å²) in [4.78, 5) is 54.0. The van der Waals surface area contributed by atoms with Gasteiger partial charge in [-0.2, -0.15) is 26.3 Å². The molecule has 0 radical (unpaired) electrons. The molecule has 1 unspecified atom stereocenters. The second kappa shape index (κ2) is 17.4. The molecule has 2 saturated heterocycles. The van der Waals surface area contributed by atoms with E-state index in [1.54, 1.807) is 0 Å². The third-order valence-corrected chi connectivity index (χ3v) is 18.0. The van der Waals surface area contributed by atoms with Gasteiger partial charge < -0.3 is 13.9 Å². The van der Waals surface area contributed by atoms with Crippen LogP contribution in [-0.4, -0.2) is 77.5 Å². The summed E-state index contributed by atoms with van der Waals surface area (Å²) >= 11 is 3.65. The maximum atomic E-state index is 17.5. The molecule has 74 heavy (non-hydrogen) atoms. The number of nitrogens with zero attached hydrogens (tertiary/aromatic N) is 2. The first-order chi connectivity index (χ1) is 34.5. The number of carbonyl (C=O) groups is 4. The van der Waals surface area contributed by atoms with Crippen LogP contribution >= 0.6 is 34.0 Å². The molecule has 0 bridgehead atoms. The number of ether oxygens (including phenoxy) is 2. The van der Waals surface area contributed by atoms with Crippen molar-refractivity contribution in [3.8, 4) is 21.3 Å². The minimum Gasteiger partial charge on any atom is -0.488 e. The van der Waals surface area contributed by atoms with Gasteiger partial charge in [-0.3, -0.25) is 29.0 Å². The highest BCUT2D eigenvalue weighted by atomic mass is 32.1. The van der Waals surface area contributed by atoms with Crippen LogP contribution in [0.3, 0.4) is 0 Å². The van der Waals surface area contributed by atoms with Crippen molar-refractivity contribution in [1.29, 1.82) is 0 Å². The molecule has 0 spiro atoms. The van der Waals surface area contributed by atoms with Crippen LogP contribution in [0.4, 0.5) is 26.3 Å². The summed E-state index contributed by atoms with van der Waals surface area (Å²) in [5, 5.41) is 3.57. The molecule has 4 aromatic heterocycles. The summed E-state index contributed by atoms with van der Waals surface area (Å²) in [6, 6.07) is 15.0. The average molecular weight is 1080 g/mol. The summed E-state index contributed by atoms with van der Waals surface area (Å²) in [6.07, 6.45) is 0.0320. The fraction of sp³-hybridized carbons (Fsp3) is 0.429. The molecular weight excluding hydrogens is 1020 g/mol. The standard InChI is InChI=1S/C56H54F6N2O7S3/c1-50(2,3)29-10-12-30(13-11-29)53(40-23-32(28-73-40)52(7,8)9)48-45(47-46(54(57,58)56(61,62)55(47,59)60)34-25-39(74-49(34)53)38-22-31(27-72-38)51(4,5)6)33-24-36(69-20-18-63-41(65)14-15-42(63)66)37(26-35(33)71-48)70-21-19-64-43(67)16-17-44(64)68/h10-13,22-28H,14-21H2,1-9H3. The van der Waals surface area contributed by atoms with Crippen molar-refractivity contribution >= 4 is 79.8 Å². The quantitative estimate of drug-likeness (QED) is 0.0939. The first-order valence-corrected chi connectivity index (χ1v) is 26.9. The van der Waals surface area contributed by atoms with Crippen molar-refractivity contribution in [2.24, 2.45) is 0 Å². The number of hydrogen-bond acceptors (Lipinski definition) is 10. The fourth-order valence-electron chi connectivity index (χ4n) is 10.2. The number of imide groups is 2. The summed E-state index contributed by atoms with van der Waals surface area (Å²) in [5.74, 6) is -19.2. The number of fused-ring (bicyclic) bond motifs is 6. The van der Waals surface area contributed by atoms with Crippen molar-refractivity contribution in [2.45, 2.75) is 127 Å².